The van der Waals surface area contributed by atoms with E-state index in [-0.39, 0.29) is 23.1 Å². The number of carbonyl (C=O) groups excluding carboxylic acids is 2. The molecule has 0 aromatic heterocycles. The van der Waals surface area contributed by atoms with Gasteiger partial charge in [0.05, 0.1) is 13.0 Å². The van der Waals surface area contributed by atoms with Gasteiger partial charge in [-0.2, -0.15) is 0 Å². The zero-order valence-corrected chi connectivity index (χ0v) is 12.7. The summed E-state index contributed by atoms with van der Waals surface area (Å²) in [4.78, 5) is 24.7. The van der Waals surface area contributed by atoms with Crippen molar-refractivity contribution in [2.24, 2.45) is 16.7 Å². The zero-order chi connectivity index (χ0) is 15.1. The van der Waals surface area contributed by atoms with Gasteiger partial charge >= 0.3 is 5.97 Å². The lowest BCUT2D eigenvalue weighted by molar-refractivity contribution is -0.155. The van der Waals surface area contributed by atoms with Crippen LogP contribution in [-0.4, -0.2) is 18.9 Å². The fourth-order valence-corrected chi connectivity index (χ4v) is 4.54. The van der Waals surface area contributed by atoms with Crippen molar-refractivity contribution in [1.82, 2.24) is 0 Å². The Morgan fingerprint density at radius 1 is 1.24 bits per heavy atom. The quantitative estimate of drug-likeness (QED) is 0.781. The molecule has 21 heavy (non-hydrogen) atoms. The van der Waals surface area contributed by atoms with Gasteiger partial charge in [-0.15, -0.1) is 0 Å². The van der Waals surface area contributed by atoms with E-state index in [9.17, 15) is 9.59 Å². The summed E-state index contributed by atoms with van der Waals surface area (Å²) >= 11 is 0. The van der Waals surface area contributed by atoms with Gasteiger partial charge in [0, 0.05) is 11.8 Å². The minimum atomic E-state index is -0.434. The van der Waals surface area contributed by atoms with Crippen molar-refractivity contribution in [3.63, 3.8) is 0 Å². The number of ketones is 1. The number of rotatable bonds is 5. The number of methoxy groups -OCH3 is 1. The summed E-state index contributed by atoms with van der Waals surface area (Å²) in [5.74, 6) is -0.184. The molecule has 1 unspecified atom stereocenters. The number of Topliss-reactive ketones (excluding diaryl/α,β-unsaturated/α-hetero) is 1. The summed E-state index contributed by atoms with van der Waals surface area (Å²) in [6, 6.07) is 10.0. The van der Waals surface area contributed by atoms with Crippen LogP contribution < -0.4 is 0 Å². The van der Waals surface area contributed by atoms with E-state index in [4.69, 9.17) is 4.74 Å². The van der Waals surface area contributed by atoms with Crippen LogP contribution in [0.2, 0.25) is 0 Å². The second-order valence-corrected chi connectivity index (χ2v) is 7.01. The molecule has 0 saturated heterocycles. The molecule has 0 radical (unpaired) electrons. The van der Waals surface area contributed by atoms with E-state index < -0.39 is 5.41 Å². The van der Waals surface area contributed by atoms with Crippen LogP contribution in [0.5, 0.6) is 0 Å². The van der Waals surface area contributed by atoms with Crippen molar-refractivity contribution in [3.8, 4) is 0 Å². The Hall–Kier alpha value is -1.64. The number of carbonyl (C=O) groups is 2. The molecule has 1 aromatic carbocycles. The van der Waals surface area contributed by atoms with E-state index in [1.807, 2.05) is 30.3 Å². The Morgan fingerprint density at radius 2 is 1.90 bits per heavy atom. The van der Waals surface area contributed by atoms with Crippen LogP contribution in [0.25, 0.3) is 0 Å². The van der Waals surface area contributed by atoms with Crippen molar-refractivity contribution in [2.45, 2.75) is 39.0 Å². The molecule has 0 aliphatic heterocycles. The molecule has 3 aliphatic carbocycles. The van der Waals surface area contributed by atoms with Crippen LogP contribution in [-0.2, 0) is 20.7 Å². The fraction of sp³-hybridized carbons (Fsp3) is 0.556. The highest BCUT2D eigenvalue weighted by Gasteiger charge is 2.69. The molecule has 3 fully saturated rings. The van der Waals surface area contributed by atoms with Gasteiger partial charge in [-0.25, -0.2) is 0 Å². The van der Waals surface area contributed by atoms with Crippen LogP contribution in [0.1, 0.15) is 38.2 Å². The zero-order valence-electron chi connectivity index (χ0n) is 12.7. The predicted octanol–water partition coefficient (Wildman–Crippen LogP) is 3.17. The summed E-state index contributed by atoms with van der Waals surface area (Å²) in [5, 5.41) is 0. The van der Waals surface area contributed by atoms with E-state index in [0.29, 0.717) is 6.42 Å². The Balaban J connectivity index is 1.70. The molecule has 4 rings (SSSR count). The van der Waals surface area contributed by atoms with Crippen molar-refractivity contribution in [1.29, 1.82) is 0 Å². The van der Waals surface area contributed by atoms with Crippen LogP contribution in [0, 0.1) is 16.7 Å². The summed E-state index contributed by atoms with van der Waals surface area (Å²) < 4.78 is 4.92. The monoisotopic (exact) mass is 286 g/mol. The minimum absolute atomic E-state index is 0.168. The summed E-state index contributed by atoms with van der Waals surface area (Å²) in [6.07, 6.45) is 3.79. The van der Waals surface area contributed by atoms with Crippen LogP contribution in [0.15, 0.2) is 30.3 Å². The molecule has 0 heterocycles. The lowest BCUT2D eigenvalue weighted by Gasteiger charge is -2.45. The van der Waals surface area contributed by atoms with E-state index in [0.717, 1.165) is 25.7 Å². The first-order chi connectivity index (χ1) is 9.99. The topological polar surface area (TPSA) is 43.4 Å². The Bertz CT molecular complexity index is 555. The molecule has 1 aromatic rings. The van der Waals surface area contributed by atoms with Crippen LogP contribution >= 0.6 is 0 Å². The number of fused-ring (bicyclic) bond motifs is 1. The van der Waals surface area contributed by atoms with Crippen molar-refractivity contribution < 1.29 is 14.3 Å². The molecule has 112 valence electrons. The average molecular weight is 286 g/mol. The second kappa shape index (κ2) is 4.97. The average Bonchev–Trinajstić information content (AvgIpc) is 2.94. The highest BCUT2D eigenvalue weighted by atomic mass is 16.5. The maximum Gasteiger partial charge on any atom is 0.309 e. The molecule has 0 amide bonds. The Morgan fingerprint density at radius 3 is 2.52 bits per heavy atom. The first kappa shape index (κ1) is 14.3. The van der Waals surface area contributed by atoms with Crippen LogP contribution in [0.4, 0.5) is 0 Å². The first-order valence-corrected chi connectivity index (χ1v) is 7.64. The lowest BCUT2D eigenvalue weighted by Crippen LogP contribution is -2.46. The number of ether oxygens (including phenoxy) is 1. The molecular weight excluding hydrogens is 264 g/mol. The number of hydrogen-bond donors (Lipinski definition) is 0. The largest absolute Gasteiger partial charge is 0.469 e. The van der Waals surface area contributed by atoms with Gasteiger partial charge in [0.25, 0.3) is 0 Å². The highest BCUT2D eigenvalue weighted by molar-refractivity contribution is 5.93. The Kier molecular flexibility index (Phi) is 3.39. The molecule has 0 spiro atoms. The van der Waals surface area contributed by atoms with E-state index >= 15 is 0 Å². The van der Waals surface area contributed by atoms with Gasteiger partial charge in [-0.05, 0) is 36.7 Å². The van der Waals surface area contributed by atoms with Gasteiger partial charge in [0.2, 0.25) is 0 Å². The lowest BCUT2D eigenvalue weighted by atomic mass is 9.57. The predicted molar refractivity (Wildman–Crippen MR) is 79.7 cm³/mol. The van der Waals surface area contributed by atoms with Crippen molar-refractivity contribution in [2.75, 3.05) is 7.11 Å². The Labute approximate surface area is 125 Å². The molecule has 3 heteroatoms. The number of benzene rings is 1. The maximum atomic E-state index is 12.7. The summed E-state index contributed by atoms with van der Waals surface area (Å²) in [6.45, 7) is 2.18. The normalized spacial score (nSPS) is 33.3. The van der Waals surface area contributed by atoms with Gasteiger partial charge in [0.15, 0.2) is 0 Å². The second-order valence-electron chi connectivity index (χ2n) is 7.01. The van der Waals surface area contributed by atoms with E-state index in [1.54, 1.807) is 0 Å². The fourth-order valence-electron chi connectivity index (χ4n) is 4.54. The van der Waals surface area contributed by atoms with Gasteiger partial charge in [0.1, 0.15) is 5.78 Å². The first-order valence-electron chi connectivity index (χ1n) is 7.64. The molecule has 0 N–H and O–H groups in total. The molecule has 1 atom stereocenters. The minimum Gasteiger partial charge on any atom is -0.469 e. The standard InChI is InChI=1S/C18H22O3/c1-17-10-14(16(20)21-2)18(11-17,12-17)15(19)9-8-13-6-4-3-5-7-13/h3-7,14H,8-12H2,1-2H3. The third-order valence-electron chi connectivity index (χ3n) is 5.37. The van der Waals surface area contributed by atoms with Crippen LogP contribution in [0.3, 0.4) is 0 Å². The van der Waals surface area contributed by atoms with Gasteiger partial charge in [-0.3, -0.25) is 9.59 Å². The highest BCUT2D eigenvalue weighted by Crippen LogP contribution is 2.70. The molecule has 2 bridgehead atoms. The number of aryl methyl sites for hydroxylation is 1. The number of esters is 1. The van der Waals surface area contributed by atoms with Crippen molar-refractivity contribution >= 4 is 11.8 Å². The third kappa shape index (κ3) is 2.29. The molecule has 3 saturated carbocycles. The molecule has 3 aliphatic rings. The van der Waals surface area contributed by atoms with Crippen molar-refractivity contribution in [3.05, 3.63) is 35.9 Å². The SMILES string of the molecule is COC(=O)C1CC2(C)CC1(C(=O)CCc1ccccc1)C2. The summed E-state index contributed by atoms with van der Waals surface area (Å²) in [5.41, 5.74) is 0.912. The number of hydrogen-bond acceptors (Lipinski definition) is 3. The molecule has 3 nitrogen and oxygen atoms in total. The maximum absolute atomic E-state index is 12.7. The van der Waals surface area contributed by atoms with E-state index in [2.05, 4.69) is 6.92 Å². The third-order valence-corrected chi connectivity index (χ3v) is 5.37. The molecular formula is C18H22O3. The smallest absolute Gasteiger partial charge is 0.309 e. The van der Waals surface area contributed by atoms with Gasteiger partial charge < -0.3 is 4.74 Å². The van der Waals surface area contributed by atoms with E-state index in [1.165, 1.54) is 12.7 Å². The summed E-state index contributed by atoms with van der Waals surface area (Å²) in [7, 11) is 1.42. The van der Waals surface area contributed by atoms with Gasteiger partial charge in [-0.1, -0.05) is 37.3 Å².